The van der Waals surface area contributed by atoms with Gasteiger partial charge in [0, 0.05) is 41.4 Å². The quantitative estimate of drug-likeness (QED) is 0.230. The molecule has 5 rings (SSSR count). The zero-order valence-corrected chi connectivity index (χ0v) is 25.8. The van der Waals surface area contributed by atoms with Crippen molar-refractivity contribution in [3.63, 3.8) is 0 Å². The van der Waals surface area contributed by atoms with Gasteiger partial charge >= 0.3 is 0 Å². The zero-order valence-electron chi connectivity index (χ0n) is 25.0. The second-order valence-corrected chi connectivity index (χ2v) is 12.2. The van der Waals surface area contributed by atoms with E-state index in [1.165, 1.54) is 22.9 Å². The average molecular weight is 627 g/mol. The van der Waals surface area contributed by atoms with E-state index in [0.29, 0.717) is 40.2 Å². The zero-order chi connectivity index (χ0) is 32.3. The number of hydrogen-bond donors (Lipinski definition) is 2. The number of benzene rings is 1. The van der Waals surface area contributed by atoms with E-state index in [1.807, 2.05) is 19.1 Å². The molecule has 4 aromatic heterocycles. The van der Waals surface area contributed by atoms with Gasteiger partial charge in [0.15, 0.2) is 15.5 Å². The standard InChI is InChI=1S/C30H30N10O4S/c1-5-12-39(30(41)28-34-17-35-38-28)18(2)6-9-24-26(45(4,42)43)27(32)40-29(37-24)22(16-36-40)20-7-10-23(33-15-20)19-8-11-25(44-3)21(13-19)14-31/h5,7-8,10-13,15-18H,6,9,32H2,1-4H3,(H,34,35,38)/b12-5-/t18-/m1/s1. The van der Waals surface area contributed by atoms with Crippen molar-refractivity contribution in [3.8, 4) is 34.2 Å². The van der Waals surface area contributed by atoms with Gasteiger partial charge in [-0.3, -0.25) is 14.9 Å². The third-order valence-electron chi connectivity index (χ3n) is 7.20. The number of aryl methyl sites for hydroxylation is 1. The molecule has 0 unspecified atom stereocenters. The van der Waals surface area contributed by atoms with Crippen LogP contribution in [0.5, 0.6) is 5.75 Å². The highest BCUT2D eigenvalue weighted by Gasteiger charge is 2.27. The van der Waals surface area contributed by atoms with Crippen LogP contribution in [0.2, 0.25) is 0 Å². The number of nitrogens with zero attached hydrogens (tertiary/aromatic N) is 8. The summed E-state index contributed by atoms with van der Waals surface area (Å²) < 4.78 is 32.3. The highest BCUT2D eigenvalue weighted by Crippen LogP contribution is 2.32. The van der Waals surface area contributed by atoms with Crippen LogP contribution in [-0.2, 0) is 16.3 Å². The number of carbonyl (C=O) groups excluding carboxylic acids is 1. The molecule has 45 heavy (non-hydrogen) atoms. The van der Waals surface area contributed by atoms with Crippen molar-refractivity contribution in [1.29, 1.82) is 5.26 Å². The lowest BCUT2D eigenvalue weighted by Gasteiger charge is -2.25. The van der Waals surface area contributed by atoms with Crippen LogP contribution in [0.4, 0.5) is 5.82 Å². The Balaban J connectivity index is 1.49. The lowest BCUT2D eigenvalue weighted by molar-refractivity contribution is 0.0761. The monoisotopic (exact) mass is 626 g/mol. The van der Waals surface area contributed by atoms with E-state index in [1.54, 1.807) is 49.8 Å². The van der Waals surface area contributed by atoms with Gasteiger partial charge < -0.3 is 15.4 Å². The van der Waals surface area contributed by atoms with E-state index < -0.39 is 9.84 Å². The number of nitrogens with two attached hydrogens (primary N) is 1. The number of aromatic amines is 1. The highest BCUT2D eigenvalue weighted by molar-refractivity contribution is 7.91. The Bertz CT molecular complexity index is 2050. The summed E-state index contributed by atoms with van der Waals surface area (Å²) in [7, 11) is -2.29. The molecule has 0 saturated carbocycles. The number of aromatic nitrogens is 7. The number of nitrogens with one attached hydrogen (secondary N) is 1. The number of nitriles is 1. The second-order valence-electron chi connectivity index (χ2n) is 10.2. The molecule has 1 amide bonds. The van der Waals surface area contributed by atoms with Crippen molar-refractivity contribution in [3.05, 3.63) is 78.4 Å². The normalized spacial score (nSPS) is 12.3. The fraction of sp³-hybridized carbons (Fsp3) is 0.233. The molecule has 0 saturated heterocycles. The van der Waals surface area contributed by atoms with Crippen LogP contribution in [0.15, 0.2) is 66.2 Å². The predicted molar refractivity (Wildman–Crippen MR) is 166 cm³/mol. The number of H-pyrrole nitrogens is 1. The van der Waals surface area contributed by atoms with E-state index in [0.717, 1.165) is 11.8 Å². The maximum absolute atomic E-state index is 13.0. The first kappa shape index (κ1) is 30.8. The molecule has 14 nitrogen and oxygen atoms in total. The number of allylic oxidation sites excluding steroid dienone is 1. The summed E-state index contributed by atoms with van der Waals surface area (Å²) >= 11 is 0. The van der Waals surface area contributed by atoms with Crippen molar-refractivity contribution >= 4 is 27.2 Å². The molecule has 3 N–H and O–H groups in total. The molecule has 0 aliphatic rings. The Labute approximate surface area is 259 Å². The van der Waals surface area contributed by atoms with Crippen LogP contribution in [-0.4, -0.2) is 73.4 Å². The first-order chi connectivity index (χ1) is 21.6. The van der Waals surface area contributed by atoms with Crippen LogP contribution in [0.3, 0.4) is 0 Å². The number of sulfone groups is 1. The van der Waals surface area contributed by atoms with Crippen LogP contribution in [0.25, 0.3) is 28.0 Å². The number of rotatable bonds is 10. The number of ether oxygens (including phenoxy) is 1. The number of methoxy groups -OCH3 is 1. The maximum Gasteiger partial charge on any atom is 0.295 e. The Morgan fingerprint density at radius 1 is 1.22 bits per heavy atom. The summed E-state index contributed by atoms with van der Waals surface area (Å²) in [6.07, 6.45) is 9.45. The fourth-order valence-corrected chi connectivity index (χ4v) is 6.04. The Hall–Kier alpha value is -5.62. The molecule has 0 bridgehead atoms. The second kappa shape index (κ2) is 12.5. The van der Waals surface area contributed by atoms with Gasteiger partial charge in [0.25, 0.3) is 5.91 Å². The highest BCUT2D eigenvalue weighted by atomic mass is 32.2. The molecule has 4 heterocycles. The van der Waals surface area contributed by atoms with Crippen molar-refractivity contribution in [2.24, 2.45) is 0 Å². The Morgan fingerprint density at radius 3 is 2.62 bits per heavy atom. The van der Waals surface area contributed by atoms with Gasteiger partial charge in [-0.15, -0.1) is 0 Å². The number of pyridine rings is 1. The van der Waals surface area contributed by atoms with Gasteiger partial charge in [-0.2, -0.15) is 20.0 Å². The SMILES string of the molecule is C/C=C\N(C(=O)c1ncn[nH]1)[C@H](C)CCc1nc2c(-c3ccc(-c4ccc(OC)c(C#N)c4)nc3)cnn2c(N)c1S(C)(=O)=O. The predicted octanol–water partition coefficient (Wildman–Crippen LogP) is 3.44. The lowest BCUT2D eigenvalue weighted by atomic mass is 10.1. The van der Waals surface area contributed by atoms with Crippen LogP contribution in [0.1, 0.15) is 42.1 Å². The van der Waals surface area contributed by atoms with Crippen LogP contribution < -0.4 is 10.5 Å². The molecule has 0 aliphatic heterocycles. The molecule has 15 heteroatoms. The number of nitrogen functional groups attached to an aromatic ring is 1. The van der Waals surface area contributed by atoms with E-state index in [4.69, 9.17) is 15.5 Å². The third kappa shape index (κ3) is 6.08. The fourth-order valence-electron chi connectivity index (χ4n) is 5.00. The van der Waals surface area contributed by atoms with Crippen molar-refractivity contribution < 1.29 is 17.9 Å². The number of amides is 1. The Kier molecular flexibility index (Phi) is 8.59. The summed E-state index contributed by atoms with van der Waals surface area (Å²) in [6, 6.07) is 10.6. The summed E-state index contributed by atoms with van der Waals surface area (Å²) in [5.41, 5.74) is 10.1. The largest absolute Gasteiger partial charge is 0.495 e. The smallest absolute Gasteiger partial charge is 0.295 e. The molecule has 230 valence electrons. The number of carbonyl (C=O) groups is 1. The third-order valence-corrected chi connectivity index (χ3v) is 8.39. The minimum absolute atomic E-state index is 0.0636. The topological polar surface area (TPSA) is 198 Å². The van der Waals surface area contributed by atoms with E-state index in [-0.39, 0.29) is 40.6 Å². The molecule has 1 atom stereocenters. The molecule has 5 aromatic rings. The molecule has 0 spiro atoms. The maximum atomic E-state index is 13.0. The van der Waals surface area contributed by atoms with Crippen LogP contribution in [0, 0.1) is 11.3 Å². The molecular weight excluding hydrogens is 596 g/mol. The first-order valence-corrected chi connectivity index (χ1v) is 15.7. The molecular formula is C30H30N10O4S. The number of fused-ring (bicyclic) bond motifs is 1. The Morgan fingerprint density at radius 2 is 2.00 bits per heavy atom. The van der Waals surface area contributed by atoms with Gasteiger partial charge in [0.1, 0.15) is 28.9 Å². The summed E-state index contributed by atoms with van der Waals surface area (Å²) in [5, 5.41) is 20.1. The summed E-state index contributed by atoms with van der Waals surface area (Å²) in [6.45, 7) is 3.63. The molecule has 0 aliphatic carbocycles. The van der Waals surface area contributed by atoms with Gasteiger partial charge in [0.05, 0.1) is 30.3 Å². The number of anilines is 1. The average Bonchev–Trinajstić information content (AvgIpc) is 3.72. The van der Waals surface area contributed by atoms with Gasteiger partial charge in [-0.05, 0) is 51.0 Å². The first-order valence-electron chi connectivity index (χ1n) is 13.8. The molecule has 0 radical (unpaired) electrons. The summed E-state index contributed by atoms with van der Waals surface area (Å²) in [4.78, 5) is 27.7. The number of hydrogen-bond acceptors (Lipinski definition) is 11. The van der Waals surface area contributed by atoms with E-state index in [9.17, 15) is 18.5 Å². The van der Waals surface area contributed by atoms with Crippen LogP contribution >= 0.6 is 0 Å². The molecule has 0 fully saturated rings. The van der Waals surface area contributed by atoms with E-state index >= 15 is 0 Å². The molecule has 1 aromatic carbocycles. The lowest BCUT2D eigenvalue weighted by Crippen LogP contribution is -2.35. The van der Waals surface area contributed by atoms with Gasteiger partial charge in [-0.25, -0.2) is 18.4 Å². The minimum Gasteiger partial charge on any atom is -0.495 e. The van der Waals surface area contributed by atoms with Gasteiger partial charge in [0.2, 0.25) is 5.82 Å². The van der Waals surface area contributed by atoms with E-state index in [2.05, 4.69) is 31.3 Å². The summed E-state index contributed by atoms with van der Waals surface area (Å²) in [5.74, 6) is 0.118. The van der Waals surface area contributed by atoms with Crippen molar-refractivity contribution in [2.45, 2.75) is 37.6 Å². The van der Waals surface area contributed by atoms with Crippen molar-refractivity contribution in [2.75, 3.05) is 19.1 Å². The van der Waals surface area contributed by atoms with Crippen molar-refractivity contribution in [1.82, 2.24) is 39.7 Å². The van der Waals surface area contributed by atoms with Gasteiger partial charge in [-0.1, -0.05) is 12.1 Å². The minimum atomic E-state index is -3.80.